The van der Waals surface area contributed by atoms with Gasteiger partial charge in [0.25, 0.3) is 0 Å². The lowest BCUT2D eigenvalue weighted by Gasteiger charge is -2.30. The third kappa shape index (κ3) is 2.78. The fourth-order valence-electron chi connectivity index (χ4n) is 2.27. The maximum absolute atomic E-state index is 14.1. The normalized spacial score (nSPS) is 17.3. The van der Waals surface area contributed by atoms with Crippen LogP contribution >= 0.6 is 0 Å². The lowest BCUT2D eigenvalue weighted by Crippen LogP contribution is -2.36. The second-order valence-electron chi connectivity index (χ2n) is 5.07. The summed E-state index contributed by atoms with van der Waals surface area (Å²) in [6.07, 6.45) is 0. The summed E-state index contributed by atoms with van der Waals surface area (Å²) in [6.45, 7) is 8.45. The molecule has 0 N–H and O–H groups in total. The van der Waals surface area contributed by atoms with Crippen LogP contribution in [0.1, 0.15) is 25.0 Å². The van der Waals surface area contributed by atoms with Crippen molar-refractivity contribution in [2.45, 2.75) is 26.4 Å². The Hall–Kier alpha value is -1.09. The molecule has 0 radical (unpaired) electrons. The number of rotatable bonds is 2. The number of halogens is 1. The zero-order valence-corrected chi connectivity index (χ0v) is 10.8. The predicted octanol–water partition coefficient (Wildman–Crippen LogP) is 3.04. The molecule has 1 aliphatic heterocycles. The van der Waals surface area contributed by atoms with Gasteiger partial charge in [-0.15, -0.1) is 0 Å². The lowest BCUT2D eigenvalue weighted by molar-refractivity contribution is 0.122. The molecule has 1 aromatic rings. The highest BCUT2D eigenvalue weighted by atomic mass is 19.1. The molecule has 3 heteroatoms. The number of nitrogens with zero attached hydrogens (tertiary/aromatic N) is 1. The number of ether oxygens (including phenoxy) is 1. The van der Waals surface area contributed by atoms with E-state index in [9.17, 15) is 4.39 Å². The highest BCUT2D eigenvalue weighted by Crippen LogP contribution is 2.31. The molecule has 1 heterocycles. The minimum absolute atomic E-state index is 0.752. The van der Waals surface area contributed by atoms with Gasteiger partial charge in [0.2, 0.25) is 0 Å². The monoisotopic (exact) mass is 237 g/mol. The van der Waals surface area contributed by atoms with Crippen LogP contribution in [-0.4, -0.2) is 26.3 Å². The van der Waals surface area contributed by atoms with Crippen LogP contribution in [0.3, 0.4) is 0 Å². The molecule has 0 bridgehead atoms. The summed E-state index contributed by atoms with van der Waals surface area (Å²) in [6, 6.07) is 6.04. The molecule has 0 unspecified atom stereocenters. The number of aryl methyl sites for hydroxylation is 1. The molecule has 0 aliphatic carbocycles. The Morgan fingerprint density at radius 3 is 2.47 bits per heavy atom. The Kier molecular flexibility index (Phi) is 3.38. The molecule has 2 rings (SSSR count). The van der Waals surface area contributed by atoms with Crippen LogP contribution in [0.2, 0.25) is 0 Å². The Morgan fingerprint density at radius 2 is 1.88 bits per heavy atom. The van der Waals surface area contributed by atoms with E-state index in [-0.39, 0.29) is 0 Å². The summed E-state index contributed by atoms with van der Waals surface area (Å²) in [5, 5.41) is 0. The first-order chi connectivity index (χ1) is 7.98. The molecule has 0 atom stereocenters. The fraction of sp³-hybridized carbons (Fsp3) is 0.571. The van der Waals surface area contributed by atoms with Gasteiger partial charge in [-0.25, -0.2) is 4.39 Å². The summed E-state index contributed by atoms with van der Waals surface area (Å²) in [5.41, 5.74) is 1.60. The summed E-state index contributed by atoms with van der Waals surface area (Å²) < 4.78 is 19.4. The van der Waals surface area contributed by atoms with Crippen molar-refractivity contribution in [1.82, 2.24) is 0 Å². The first-order valence-electron chi connectivity index (χ1n) is 6.11. The van der Waals surface area contributed by atoms with Crippen LogP contribution in [0.5, 0.6) is 0 Å². The maximum atomic E-state index is 14.1. The largest absolute Gasteiger partial charge is 0.378 e. The average Bonchev–Trinajstić information content (AvgIpc) is 2.29. The Bertz CT molecular complexity index is 392. The molecule has 1 aliphatic rings. The summed E-state index contributed by atoms with van der Waals surface area (Å²) in [4.78, 5) is 2.25. The van der Waals surface area contributed by atoms with Gasteiger partial charge in [0.1, 0.15) is 5.67 Å². The Balaban J connectivity index is 2.30. The van der Waals surface area contributed by atoms with Crippen molar-refractivity contribution in [3.63, 3.8) is 0 Å². The fourth-order valence-corrected chi connectivity index (χ4v) is 2.27. The van der Waals surface area contributed by atoms with Gasteiger partial charge in [0, 0.05) is 18.8 Å². The van der Waals surface area contributed by atoms with E-state index >= 15 is 0 Å². The zero-order chi connectivity index (χ0) is 12.5. The highest BCUT2D eigenvalue weighted by molar-refractivity contribution is 5.52. The molecular weight excluding hydrogens is 217 g/mol. The quantitative estimate of drug-likeness (QED) is 0.784. The van der Waals surface area contributed by atoms with Gasteiger partial charge in [-0.1, -0.05) is 6.07 Å². The Labute approximate surface area is 102 Å². The molecule has 0 spiro atoms. The first-order valence-corrected chi connectivity index (χ1v) is 6.11. The summed E-state index contributed by atoms with van der Waals surface area (Å²) >= 11 is 0. The number of hydrogen-bond acceptors (Lipinski definition) is 2. The smallest absolute Gasteiger partial charge is 0.130 e. The standard InChI is InChI=1S/C14H20FNO/c1-11-4-5-12(10-13(11)14(2,3)15)16-6-8-17-9-7-16/h4-5,10H,6-9H2,1-3H3. The van der Waals surface area contributed by atoms with Crippen molar-refractivity contribution in [2.75, 3.05) is 31.2 Å². The SMILES string of the molecule is Cc1ccc(N2CCOCC2)cc1C(C)(C)F. The summed E-state index contributed by atoms with van der Waals surface area (Å²) in [5.74, 6) is 0. The van der Waals surface area contributed by atoms with Crippen LogP contribution in [-0.2, 0) is 10.4 Å². The summed E-state index contributed by atoms with van der Waals surface area (Å²) in [7, 11) is 0. The van der Waals surface area contributed by atoms with E-state index in [1.165, 1.54) is 0 Å². The van der Waals surface area contributed by atoms with Gasteiger partial charge in [0.05, 0.1) is 13.2 Å². The highest BCUT2D eigenvalue weighted by Gasteiger charge is 2.22. The molecule has 17 heavy (non-hydrogen) atoms. The molecule has 0 aromatic heterocycles. The third-order valence-corrected chi connectivity index (χ3v) is 3.24. The zero-order valence-electron chi connectivity index (χ0n) is 10.8. The molecular formula is C14H20FNO. The van der Waals surface area contributed by atoms with Gasteiger partial charge >= 0.3 is 0 Å². The van der Waals surface area contributed by atoms with E-state index in [1.54, 1.807) is 13.8 Å². The van der Waals surface area contributed by atoms with Gasteiger partial charge < -0.3 is 9.64 Å². The van der Waals surface area contributed by atoms with Crippen molar-refractivity contribution in [3.05, 3.63) is 29.3 Å². The van der Waals surface area contributed by atoms with Gasteiger partial charge in [-0.05, 0) is 44.0 Å². The van der Waals surface area contributed by atoms with E-state index < -0.39 is 5.67 Å². The van der Waals surface area contributed by atoms with Crippen molar-refractivity contribution in [1.29, 1.82) is 0 Å². The van der Waals surface area contributed by atoms with Crippen LogP contribution in [0.4, 0.5) is 10.1 Å². The topological polar surface area (TPSA) is 12.5 Å². The maximum Gasteiger partial charge on any atom is 0.130 e. The molecule has 0 amide bonds. The van der Waals surface area contributed by atoms with Crippen molar-refractivity contribution < 1.29 is 9.13 Å². The number of anilines is 1. The van der Waals surface area contributed by atoms with E-state index in [0.29, 0.717) is 0 Å². The lowest BCUT2D eigenvalue weighted by atomic mass is 9.94. The third-order valence-electron chi connectivity index (χ3n) is 3.24. The number of hydrogen-bond donors (Lipinski definition) is 0. The average molecular weight is 237 g/mol. The van der Waals surface area contributed by atoms with Crippen LogP contribution in [0.25, 0.3) is 0 Å². The van der Waals surface area contributed by atoms with Crippen LogP contribution in [0.15, 0.2) is 18.2 Å². The Morgan fingerprint density at radius 1 is 1.24 bits per heavy atom. The van der Waals surface area contributed by atoms with E-state index in [4.69, 9.17) is 4.74 Å². The molecule has 1 aromatic carbocycles. The first kappa shape index (κ1) is 12.4. The number of alkyl halides is 1. The minimum Gasteiger partial charge on any atom is -0.378 e. The molecule has 1 fully saturated rings. The van der Waals surface area contributed by atoms with Gasteiger partial charge in [0.15, 0.2) is 0 Å². The van der Waals surface area contributed by atoms with E-state index in [1.807, 2.05) is 19.1 Å². The molecule has 2 nitrogen and oxygen atoms in total. The van der Waals surface area contributed by atoms with Crippen molar-refractivity contribution in [2.24, 2.45) is 0 Å². The molecule has 94 valence electrons. The number of benzene rings is 1. The second kappa shape index (κ2) is 4.65. The van der Waals surface area contributed by atoms with E-state index in [2.05, 4.69) is 11.0 Å². The van der Waals surface area contributed by atoms with Crippen molar-refractivity contribution in [3.8, 4) is 0 Å². The van der Waals surface area contributed by atoms with Crippen molar-refractivity contribution >= 4 is 5.69 Å². The minimum atomic E-state index is -1.29. The van der Waals surface area contributed by atoms with E-state index in [0.717, 1.165) is 43.1 Å². The van der Waals surface area contributed by atoms with Gasteiger partial charge in [-0.3, -0.25) is 0 Å². The second-order valence-corrected chi connectivity index (χ2v) is 5.07. The van der Waals surface area contributed by atoms with Crippen LogP contribution in [0, 0.1) is 6.92 Å². The van der Waals surface area contributed by atoms with Crippen LogP contribution < -0.4 is 4.90 Å². The van der Waals surface area contributed by atoms with Gasteiger partial charge in [-0.2, -0.15) is 0 Å². The molecule has 0 saturated carbocycles. The molecule has 1 saturated heterocycles. The predicted molar refractivity (Wildman–Crippen MR) is 68.3 cm³/mol. The number of morpholine rings is 1.